The van der Waals surface area contributed by atoms with E-state index in [4.69, 9.17) is 4.74 Å². The summed E-state index contributed by atoms with van der Waals surface area (Å²) < 4.78 is 19.3. The molecule has 1 saturated heterocycles. The summed E-state index contributed by atoms with van der Waals surface area (Å²) in [6.07, 6.45) is 4.37. The standard InChI is InChI=1S/C18H23FN2O3/c1-24-14-5-2-12(15(19)10-14)11-18(9-7-17(23)21-18)8-6-16(22)20-13-3-4-13/h2,5,10,13H,3-4,6-9,11H2,1H3,(H,20,22)(H,21,23). The predicted octanol–water partition coefficient (Wildman–Crippen LogP) is 2.08. The molecule has 1 aliphatic carbocycles. The van der Waals surface area contributed by atoms with Gasteiger partial charge >= 0.3 is 0 Å². The minimum absolute atomic E-state index is 0.00762. The van der Waals surface area contributed by atoms with E-state index in [1.54, 1.807) is 12.1 Å². The fourth-order valence-corrected chi connectivity index (χ4v) is 3.23. The van der Waals surface area contributed by atoms with Gasteiger partial charge in [-0.3, -0.25) is 9.59 Å². The molecule has 1 saturated carbocycles. The maximum atomic E-state index is 14.3. The van der Waals surface area contributed by atoms with Gasteiger partial charge in [-0.25, -0.2) is 4.39 Å². The van der Waals surface area contributed by atoms with E-state index in [0.717, 1.165) is 12.8 Å². The Morgan fingerprint density at radius 1 is 1.46 bits per heavy atom. The third-order valence-corrected chi connectivity index (χ3v) is 4.80. The first kappa shape index (κ1) is 16.7. The number of rotatable bonds is 7. The van der Waals surface area contributed by atoms with Crippen molar-refractivity contribution < 1.29 is 18.7 Å². The van der Waals surface area contributed by atoms with Crippen molar-refractivity contribution in [1.82, 2.24) is 10.6 Å². The molecular weight excluding hydrogens is 311 g/mol. The van der Waals surface area contributed by atoms with E-state index >= 15 is 0 Å². The van der Waals surface area contributed by atoms with Gasteiger partial charge in [0, 0.05) is 30.5 Å². The van der Waals surface area contributed by atoms with Crippen LogP contribution in [0.5, 0.6) is 5.75 Å². The van der Waals surface area contributed by atoms with Gasteiger partial charge in [0.05, 0.1) is 7.11 Å². The first-order valence-corrected chi connectivity index (χ1v) is 8.42. The van der Waals surface area contributed by atoms with Crippen molar-refractivity contribution in [1.29, 1.82) is 0 Å². The fourth-order valence-electron chi connectivity index (χ4n) is 3.23. The van der Waals surface area contributed by atoms with E-state index in [1.807, 2.05) is 0 Å². The molecule has 1 heterocycles. The topological polar surface area (TPSA) is 67.4 Å². The van der Waals surface area contributed by atoms with Gasteiger partial charge in [-0.15, -0.1) is 0 Å². The molecule has 0 spiro atoms. The van der Waals surface area contributed by atoms with E-state index in [1.165, 1.54) is 13.2 Å². The van der Waals surface area contributed by atoms with Crippen molar-refractivity contribution >= 4 is 11.8 Å². The van der Waals surface area contributed by atoms with E-state index in [-0.39, 0.29) is 17.6 Å². The molecule has 2 amide bonds. The largest absolute Gasteiger partial charge is 0.497 e. The average Bonchev–Trinajstić information content (AvgIpc) is 3.29. The molecule has 1 aromatic carbocycles. The summed E-state index contributed by atoms with van der Waals surface area (Å²) in [5.74, 6) is 0.0848. The van der Waals surface area contributed by atoms with Gasteiger partial charge in [0.1, 0.15) is 11.6 Å². The molecule has 0 bridgehead atoms. The predicted molar refractivity (Wildman–Crippen MR) is 87.2 cm³/mol. The molecule has 24 heavy (non-hydrogen) atoms. The van der Waals surface area contributed by atoms with Crippen LogP contribution in [-0.2, 0) is 16.0 Å². The van der Waals surface area contributed by atoms with Gasteiger partial charge < -0.3 is 15.4 Å². The summed E-state index contributed by atoms with van der Waals surface area (Å²) in [4.78, 5) is 23.7. The Kier molecular flexibility index (Phi) is 4.73. The molecule has 2 aliphatic rings. The molecule has 1 unspecified atom stereocenters. The molecule has 130 valence electrons. The minimum atomic E-state index is -0.548. The lowest BCUT2D eigenvalue weighted by molar-refractivity contribution is -0.122. The number of halogens is 1. The highest BCUT2D eigenvalue weighted by atomic mass is 19.1. The van der Waals surface area contributed by atoms with Crippen molar-refractivity contribution in [3.63, 3.8) is 0 Å². The summed E-state index contributed by atoms with van der Waals surface area (Å²) in [5.41, 5.74) is -0.0199. The number of hydrogen-bond acceptors (Lipinski definition) is 3. The molecule has 1 atom stereocenters. The van der Waals surface area contributed by atoms with Crippen LogP contribution in [0.25, 0.3) is 0 Å². The fraction of sp³-hybridized carbons (Fsp3) is 0.556. The summed E-state index contributed by atoms with van der Waals surface area (Å²) in [6.45, 7) is 0. The zero-order valence-corrected chi connectivity index (χ0v) is 13.9. The second-order valence-corrected chi connectivity index (χ2v) is 6.80. The highest BCUT2D eigenvalue weighted by Gasteiger charge is 2.38. The Hall–Kier alpha value is -2.11. The summed E-state index contributed by atoms with van der Waals surface area (Å²) in [6, 6.07) is 5.07. The lowest BCUT2D eigenvalue weighted by Gasteiger charge is -2.29. The Bertz CT molecular complexity index is 645. The number of nitrogens with one attached hydrogen (secondary N) is 2. The first-order chi connectivity index (χ1) is 11.5. The van der Waals surface area contributed by atoms with Gasteiger partial charge in [-0.05, 0) is 43.7 Å². The second kappa shape index (κ2) is 6.79. The second-order valence-electron chi connectivity index (χ2n) is 6.80. The number of amides is 2. The lowest BCUT2D eigenvalue weighted by atomic mass is 9.84. The highest BCUT2D eigenvalue weighted by molar-refractivity contribution is 5.80. The minimum Gasteiger partial charge on any atom is -0.497 e. The zero-order valence-electron chi connectivity index (χ0n) is 13.9. The maximum absolute atomic E-state index is 14.3. The quantitative estimate of drug-likeness (QED) is 0.802. The number of carbonyl (C=O) groups is 2. The smallest absolute Gasteiger partial charge is 0.220 e. The van der Waals surface area contributed by atoms with Gasteiger partial charge in [-0.2, -0.15) is 0 Å². The molecule has 5 nitrogen and oxygen atoms in total. The molecule has 6 heteroatoms. The molecular formula is C18H23FN2O3. The molecule has 3 rings (SSSR count). The Morgan fingerprint density at radius 3 is 2.83 bits per heavy atom. The van der Waals surface area contributed by atoms with Crippen molar-refractivity contribution in [2.24, 2.45) is 0 Å². The van der Waals surface area contributed by atoms with Gasteiger partial charge in [-0.1, -0.05) is 6.07 Å². The zero-order chi connectivity index (χ0) is 17.2. The summed E-state index contributed by atoms with van der Waals surface area (Å²) in [7, 11) is 1.49. The van der Waals surface area contributed by atoms with Gasteiger partial charge in [0.25, 0.3) is 0 Å². The van der Waals surface area contributed by atoms with Crippen LogP contribution in [0, 0.1) is 5.82 Å². The summed E-state index contributed by atoms with van der Waals surface area (Å²) >= 11 is 0. The number of benzene rings is 1. The third-order valence-electron chi connectivity index (χ3n) is 4.80. The van der Waals surface area contributed by atoms with Crippen molar-refractivity contribution in [3.8, 4) is 5.75 Å². The van der Waals surface area contributed by atoms with Crippen molar-refractivity contribution in [3.05, 3.63) is 29.6 Å². The monoisotopic (exact) mass is 334 g/mol. The number of carbonyl (C=O) groups excluding carboxylic acids is 2. The van der Waals surface area contributed by atoms with Crippen LogP contribution in [0.2, 0.25) is 0 Å². The first-order valence-electron chi connectivity index (χ1n) is 8.42. The number of hydrogen-bond donors (Lipinski definition) is 2. The maximum Gasteiger partial charge on any atom is 0.220 e. The van der Waals surface area contributed by atoms with Crippen LogP contribution in [0.4, 0.5) is 4.39 Å². The Balaban J connectivity index is 1.68. The Morgan fingerprint density at radius 2 is 2.25 bits per heavy atom. The lowest BCUT2D eigenvalue weighted by Crippen LogP contribution is -2.44. The number of methoxy groups -OCH3 is 1. The molecule has 0 radical (unpaired) electrons. The molecule has 2 N–H and O–H groups in total. The van der Waals surface area contributed by atoms with E-state index in [2.05, 4.69) is 10.6 Å². The van der Waals surface area contributed by atoms with E-state index in [0.29, 0.717) is 49.5 Å². The molecule has 1 aromatic rings. The SMILES string of the molecule is COc1ccc(CC2(CCC(=O)NC3CC3)CCC(=O)N2)c(F)c1. The highest BCUT2D eigenvalue weighted by Crippen LogP contribution is 2.31. The normalized spacial score (nSPS) is 23.0. The molecule has 1 aliphatic heterocycles. The van der Waals surface area contributed by atoms with E-state index < -0.39 is 5.54 Å². The van der Waals surface area contributed by atoms with Crippen molar-refractivity contribution in [2.45, 2.75) is 56.5 Å². The summed E-state index contributed by atoms with van der Waals surface area (Å²) in [5, 5.41) is 5.93. The van der Waals surface area contributed by atoms with Crippen LogP contribution >= 0.6 is 0 Å². The van der Waals surface area contributed by atoms with E-state index in [9.17, 15) is 14.0 Å². The van der Waals surface area contributed by atoms with Crippen LogP contribution in [0.3, 0.4) is 0 Å². The van der Waals surface area contributed by atoms with Crippen LogP contribution in [0.15, 0.2) is 18.2 Å². The number of ether oxygens (including phenoxy) is 1. The average molecular weight is 334 g/mol. The Labute approximate surface area is 141 Å². The van der Waals surface area contributed by atoms with Gasteiger partial charge in [0.15, 0.2) is 0 Å². The van der Waals surface area contributed by atoms with Gasteiger partial charge in [0.2, 0.25) is 11.8 Å². The van der Waals surface area contributed by atoms with Crippen LogP contribution < -0.4 is 15.4 Å². The molecule has 0 aromatic heterocycles. The van der Waals surface area contributed by atoms with Crippen molar-refractivity contribution in [2.75, 3.05) is 7.11 Å². The van der Waals surface area contributed by atoms with Crippen LogP contribution in [0.1, 0.15) is 44.1 Å². The molecule has 2 fully saturated rings. The third kappa shape index (κ3) is 4.04. The van der Waals surface area contributed by atoms with Crippen LogP contribution in [-0.4, -0.2) is 30.5 Å².